The summed E-state index contributed by atoms with van der Waals surface area (Å²) in [6.45, 7) is 6.88. The molecule has 2 unspecified atom stereocenters. The van der Waals surface area contributed by atoms with Crippen molar-refractivity contribution in [3.05, 3.63) is 24.0 Å². The molecule has 0 bridgehead atoms. The maximum absolute atomic E-state index is 9.07. The Bertz CT molecular complexity index is 403. The molecule has 100 valence electrons. The van der Waals surface area contributed by atoms with E-state index in [2.05, 4.69) is 25.8 Å². The van der Waals surface area contributed by atoms with Crippen molar-refractivity contribution >= 4 is 0 Å². The summed E-state index contributed by atoms with van der Waals surface area (Å²) in [5.74, 6) is 1.53. The Balaban J connectivity index is 2.04. The molecule has 3 nitrogen and oxygen atoms in total. The molecule has 18 heavy (non-hydrogen) atoms. The van der Waals surface area contributed by atoms with Crippen LogP contribution < -0.4 is 4.74 Å². The number of hydrogen-bond donors (Lipinski definition) is 1. The molecule has 1 aliphatic rings. The predicted molar refractivity (Wildman–Crippen MR) is 71.4 cm³/mol. The van der Waals surface area contributed by atoms with Gasteiger partial charge in [-0.25, -0.2) is 0 Å². The van der Waals surface area contributed by atoms with Crippen LogP contribution in [-0.2, 0) is 6.61 Å². The Hall–Kier alpha value is -1.09. The number of nitrogens with zero attached hydrogens (tertiary/aromatic N) is 1. The number of aliphatic hydroxyl groups excluding tert-OH is 1. The van der Waals surface area contributed by atoms with E-state index in [0.29, 0.717) is 17.0 Å². The Morgan fingerprint density at radius 1 is 1.44 bits per heavy atom. The maximum atomic E-state index is 9.07. The second-order valence-corrected chi connectivity index (χ2v) is 6.29. The zero-order valence-corrected chi connectivity index (χ0v) is 11.5. The average Bonchev–Trinajstić information content (AvgIpc) is 2.26. The Morgan fingerprint density at radius 3 is 2.89 bits per heavy atom. The van der Waals surface area contributed by atoms with E-state index in [-0.39, 0.29) is 12.7 Å². The Labute approximate surface area is 109 Å². The molecule has 1 fully saturated rings. The zero-order valence-electron chi connectivity index (χ0n) is 11.5. The van der Waals surface area contributed by atoms with Gasteiger partial charge in [-0.2, -0.15) is 0 Å². The van der Waals surface area contributed by atoms with Crippen LogP contribution in [0.3, 0.4) is 0 Å². The van der Waals surface area contributed by atoms with Gasteiger partial charge in [0.15, 0.2) is 0 Å². The van der Waals surface area contributed by atoms with E-state index in [9.17, 15) is 0 Å². The van der Waals surface area contributed by atoms with Crippen LogP contribution >= 0.6 is 0 Å². The molecule has 1 N–H and O–H groups in total. The zero-order chi connectivity index (χ0) is 13.2. The van der Waals surface area contributed by atoms with Crippen LogP contribution in [0, 0.1) is 11.3 Å². The molecule has 0 radical (unpaired) electrons. The van der Waals surface area contributed by atoms with Gasteiger partial charge in [0.2, 0.25) is 0 Å². The molecule has 2 atom stereocenters. The minimum absolute atomic E-state index is 0.0379. The lowest BCUT2D eigenvalue weighted by atomic mass is 9.71. The van der Waals surface area contributed by atoms with Crippen molar-refractivity contribution in [3.63, 3.8) is 0 Å². The molecular formula is C15H23NO2. The van der Waals surface area contributed by atoms with E-state index < -0.39 is 0 Å². The first-order chi connectivity index (χ1) is 8.48. The van der Waals surface area contributed by atoms with Gasteiger partial charge in [-0.05, 0) is 36.7 Å². The first kappa shape index (κ1) is 13.3. The molecule has 1 saturated carbocycles. The van der Waals surface area contributed by atoms with Crippen LogP contribution in [0.2, 0.25) is 0 Å². The standard InChI is InChI=1S/C15H23NO2/c1-11-6-14(9-15(2,3)8-11)18-13-4-5-16-12(7-13)10-17/h4-5,7,11,14,17H,6,8-10H2,1-3H3. The highest BCUT2D eigenvalue weighted by Gasteiger charge is 2.33. The van der Waals surface area contributed by atoms with Gasteiger partial charge in [-0.3, -0.25) is 4.98 Å². The summed E-state index contributed by atoms with van der Waals surface area (Å²) in [6.07, 6.45) is 5.44. The third kappa shape index (κ3) is 3.45. The topological polar surface area (TPSA) is 42.4 Å². The van der Waals surface area contributed by atoms with Crippen LogP contribution in [-0.4, -0.2) is 16.2 Å². The molecule has 0 aliphatic heterocycles. The van der Waals surface area contributed by atoms with Crippen molar-refractivity contribution in [1.82, 2.24) is 4.98 Å². The minimum atomic E-state index is -0.0379. The molecule has 0 saturated heterocycles. The summed E-state index contributed by atoms with van der Waals surface area (Å²) in [5, 5.41) is 9.07. The normalized spacial score (nSPS) is 26.9. The van der Waals surface area contributed by atoms with Crippen LogP contribution in [0.4, 0.5) is 0 Å². The van der Waals surface area contributed by atoms with Crippen molar-refractivity contribution in [2.75, 3.05) is 0 Å². The number of aliphatic hydroxyl groups is 1. The molecule has 1 aromatic heterocycles. The van der Waals surface area contributed by atoms with Crippen LogP contribution in [0.15, 0.2) is 18.3 Å². The monoisotopic (exact) mass is 249 g/mol. The number of rotatable bonds is 3. The first-order valence-corrected chi connectivity index (χ1v) is 6.71. The molecular weight excluding hydrogens is 226 g/mol. The molecule has 3 heteroatoms. The summed E-state index contributed by atoms with van der Waals surface area (Å²) in [4.78, 5) is 4.06. The third-order valence-corrected chi connectivity index (χ3v) is 3.60. The summed E-state index contributed by atoms with van der Waals surface area (Å²) >= 11 is 0. The summed E-state index contributed by atoms with van der Waals surface area (Å²) < 4.78 is 6.05. The van der Waals surface area contributed by atoms with Gasteiger partial charge in [0, 0.05) is 12.3 Å². The first-order valence-electron chi connectivity index (χ1n) is 6.71. The molecule has 1 aromatic rings. The average molecular weight is 249 g/mol. The van der Waals surface area contributed by atoms with Gasteiger partial charge < -0.3 is 9.84 Å². The van der Waals surface area contributed by atoms with Crippen molar-refractivity contribution < 1.29 is 9.84 Å². The maximum Gasteiger partial charge on any atom is 0.123 e. The number of pyridine rings is 1. The smallest absolute Gasteiger partial charge is 0.123 e. The summed E-state index contributed by atoms with van der Waals surface area (Å²) in [5.41, 5.74) is 1.02. The Morgan fingerprint density at radius 2 is 2.22 bits per heavy atom. The number of ether oxygens (including phenoxy) is 1. The fourth-order valence-corrected chi connectivity index (χ4v) is 3.16. The van der Waals surface area contributed by atoms with Gasteiger partial charge in [0.1, 0.15) is 5.75 Å². The minimum Gasteiger partial charge on any atom is -0.490 e. The van der Waals surface area contributed by atoms with Gasteiger partial charge in [-0.1, -0.05) is 20.8 Å². The van der Waals surface area contributed by atoms with Crippen molar-refractivity contribution in [2.45, 2.75) is 52.7 Å². The van der Waals surface area contributed by atoms with E-state index in [1.165, 1.54) is 6.42 Å². The molecule has 1 heterocycles. The van der Waals surface area contributed by atoms with E-state index >= 15 is 0 Å². The van der Waals surface area contributed by atoms with E-state index in [4.69, 9.17) is 9.84 Å². The van der Waals surface area contributed by atoms with Crippen LogP contribution in [0.5, 0.6) is 5.75 Å². The van der Waals surface area contributed by atoms with Crippen molar-refractivity contribution in [2.24, 2.45) is 11.3 Å². The lowest BCUT2D eigenvalue weighted by Crippen LogP contribution is -2.34. The lowest BCUT2D eigenvalue weighted by Gasteiger charge is -2.38. The quantitative estimate of drug-likeness (QED) is 0.894. The Kier molecular flexibility index (Phi) is 3.91. The highest BCUT2D eigenvalue weighted by atomic mass is 16.5. The lowest BCUT2D eigenvalue weighted by molar-refractivity contribution is 0.0560. The van der Waals surface area contributed by atoms with E-state index in [0.717, 1.165) is 18.6 Å². The summed E-state index contributed by atoms with van der Waals surface area (Å²) in [7, 11) is 0. The second-order valence-electron chi connectivity index (χ2n) is 6.29. The van der Waals surface area contributed by atoms with E-state index in [1.54, 1.807) is 6.20 Å². The van der Waals surface area contributed by atoms with Crippen LogP contribution in [0.25, 0.3) is 0 Å². The predicted octanol–water partition coefficient (Wildman–Crippen LogP) is 3.17. The largest absolute Gasteiger partial charge is 0.490 e. The second kappa shape index (κ2) is 5.27. The SMILES string of the molecule is CC1CC(Oc2ccnc(CO)c2)CC(C)(C)C1. The highest BCUT2D eigenvalue weighted by molar-refractivity contribution is 5.22. The number of hydrogen-bond acceptors (Lipinski definition) is 3. The van der Waals surface area contributed by atoms with Crippen molar-refractivity contribution in [3.8, 4) is 5.75 Å². The molecule has 0 spiro atoms. The molecule has 2 rings (SSSR count). The van der Waals surface area contributed by atoms with Crippen LogP contribution in [0.1, 0.15) is 45.7 Å². The number of aromatic nitrogens is 1. The third-order valence-electron chi connectivity index (χ3n) is 3.60. The van der Waals surface area contributed by atoms with Gasteiger partial charge >= 0.3 is 0 Å². The van der Waals surface area contributed by atoms with Gasteiger partial charge in [0.25, 0.3) is 0 Å². The van der Waals surface area contributed by atoms with Crippen molar-refractivity contribution in [1.29, 1.82) is 0 Å². The fourth-order valence-electron chi connectivity index (χ4n) is 3.16. The molecule has 0 aromatic carbocycles. The highest BCUT2D eigenvalue weighted by Crippen LogP contribution is 2.39. The van der Waals surface area contributed by atoms with Gasteiger partial charge in [0.05, 0.1) is 18.4 Å². The fraction of sp³-hybridized carbons (Fsp3) is 0.667. The van der Waals surface area contributed by atoms with E-state index in [1.807, 2.05) is 12.1 Å². The summed E-state index contributed by atoms with van der Waals surface area (Å²) in [6, 6.07) is 3.69. The molecule has 1 aliphatic carbocycles. The van der Waals surface area contributed by atoms with Gasteiger partial charge in [-0.15, -0.1) is 0 Å². The molecule has 0 amide bonds.